The molecule has 40 heavy (non-hydrogen) atoms. The Kier molecular flexibility index (Phi) is 8.11. The van der Waals surface area contributed by atoms with Crippen LogP contribution in [-0.4, -0.2) is 53.4 Å². The van der Waals surface area contributed by atoms with Gasteiger partial charge in [-0.15, -0.1) is 0 Å². The number of imide groups is 1. The second-order valence-electron chi connectivity index (χ2n) is 9.29. The van der Waals surface area contributed by atoms with Gasteiger partial charge in [0.1, 0.15) is 22.9 Å². The van der Waals surface area contributed by atoms with Gasteiger partial charge in [0.05, 0.1) is 19.9 Å². The van der Waals surface area contributed by atoms with Gasteiger partial charge in [-0.05, 0) is 54.8 Å². The fourth-order valence-electron chi connectivity index (χ4n) is 4.17. The number of amides is 3. The van der Waals surface area contributed by atoms with Gasteiger partial charge >= 0.3 is 0 Å². The molecule has 0 radical (unpaired) electrons. The van der Waals surface area contributed by atoms with E-state index >= 15 is 0 Å². The van der Waals surface area contributed by atoms with Gasteiger partial charge in [0.2, 0.25) is 11.8 Å². The second-order valence-corrected chi connectivity index (χ2v) is 9.29. The standard InChI is InChI=1S/C30H27N5O5/c1-5-27(36)34-29(38)30(2,18-35-17-20-7-9-22(39-3)14-23(20)28(35)37)13-12-25-26(40-4)11-10-24(33-25)19-6-8-21(15-31)32-16-19/h6-11,14,16H,5,17-18H2,1-4H3,(H,34,36,38). The van der Waals surface area contributed by atoms with Crippen LogP contribution in [0.4, 0.5) is 0 Å². The van der Waals surface area contributed by atoms with Crippen LogP contribution >= 0.6 is 0 Å². The SMILES string of the molecule is CCC(=O)NC(=O)C(C)(C#Cc1nc(-c2ccc(C#N)nc2)ccc1OC)CN1Cc2ccc(OC)cc2C1=O. The number of nitrogens with zero attached hydrogens (tertiary/aromatic N) is 4. The maximum absolute atomic E-state index is 13.3. The van der Waals surface area contributed by atoms with E-state index in [0.29, 0.717) is 28.3 Å². The first kappa shape index (κ1) is 27.8. The first-order valence-corrected chi connectivity index (χ1v) is 12.5. The van der Waals surface area contributed by atoms with Crippen LogP contribution in [0, 0.1) is 28.6 Å². The van der Waals surface area contributed by atoms with E-state index in [2.05, 4.69) is 27.1 Å². The van der Waals surface area contributed by atoms with Crippen molar-refractivity contribution in [3.63, 3.8) is 0 Å². The van der Waals surface area contributed by atoms with E-state index in [1.165, 1.54) is 25.3 Å². The van der Waals surface area contributed by atoms with Gasteiger partial charge in [0, 0.05) is 36.8 Å². The van der Waals surface area contributed by atoms with Crippen molar-refractivity contribution in [3.8, 4) is 40.7 Å². The predicted molar refractivity (Wildman–Crippen MR) is 145 cm³/mol. The summed E-state index contributed by atoms with van der Waals surface area (Å²) in [5.41, 5.74) is 1.56. The van der Waals surface area contributed by atoms with Crippen LogP contribution in [-0.2, 0) is 16.1 Å². The van der Waals surface area contributed by atoms with Gasteiger partial charge in [-0.1, -0.05) is 18.9 Å². The number of ether oxygens (including phenoxy) is 2. The van der Waals surface area contributed by atoms with Crippen LogP contribution in [0.3, 0.4) is 0 Å². The first-order valence-electron chi connectivity index (χ1n) is 12.5. The fraction of sp³-hybridized carbons (Fsp3) is 0.267. The third-order valence-electron chi connectivity index (χ3n) is 6.49. The maximum Gasteiger partial charge on any atom is 0.254 e. The van der Waals surface area contributed by atoms with Gasteiger partial charge < -0.3 is 14.4 Å². The molecule has 0 saturated heterocycles. The molecular formula is C30H27N5O5. The molecule has 0 aliphatic carbocycles. The molecule has 0 saturated carbocycles. The van der Waals surface area contributed by atoms with Crippen molar-refractivity contribution >= 4 is 17.7 Å². The Labute approximate surface area is 232 Å². The minimum absolute atomic E-state index is 0.0692. The van der Waals surface area contributed by atoms with E-state index in [1.54, 1.807) is 50.2 Å². The zero-order valence-corrected chi connectivity index (χ0v) is 22.6. The molecule has 202 valence electrons. The molecule has 3 amide bonds. The molecule has 1 aromatic carbocycles. The number of methoxy groups -OCH3 is 2. The Hall–Kier alpha value is -5.22. The lowest BCUT2D eigenvalue weighted by Crippen LogP contribution is -2.47. The van der Waals surface area contributed by atoms with E-state index in [9.17, 15) is 14.4 Å². The lowest BCUT2D eigenvalue weighted by Gasteiger charge is -2.28. The summed E-state index contributed by atoms with van der Waals surface area (Å²) in [5.74, 6) is 5.52. The van der Waals surface area contributed by atoms with Crippen molar-refractivity contribution in [2.75, 3.05) is 20.8 Å². The van der Waals surface area contributed by atoms with E-state index in [-0.39, 0.29) is 36.8 Å². The number of benzene rings is 1. The Bertz CT molecular complexity index is 1580. The van der Waals surface area contributed by atoms with Gasteiger partial charge in [-0.2, -0.15) is 5.26 Å². The van der Waals surface area contributed by atoms with E-state index < -0.39 is 17.2 Å². The Morgan fingerprint density at radius 2 is 1.95 bits per heavy atom. The van der Waals surface area contributed by atoms with Crippen LogP contribution in [0.15, 0.2) is 48.7 Å². The molecule has 1 unspecified atom stereocenters. The number of nitrogens with one attached hydrogen (secondary N) is 1. The Morgan fingerprint density at radius 1 is 1.15 bits per heavy atom. The Balaban J connectivity index is 1.70. The fourth-order valence-corrected chi connectivity index (χ4v) is 4.17. The molecule has 1 aliphatic rings. The van der Waals surface area contributed by atoms with Crippen molar-refractivity contribution in [3.05, 3.63) is 71.2 Å². The third-order valence-corrected chi connectivity index (χ3v) is 6.49. The zero-order valence-electron chi connectivity index (χ0n) is 22.6. The second kappa shape index (κ2) is 11.7. The largest absolute Gasteiger partial charge is 0.497 e. The molecular weight excluding hydrogens is 510 g/mol. The predicted octanol–water partition coefficient (Wildman–Crippen LogP) is 3.10. The molecule has 10 nitrogen and oxygen atoms in total. The highest BCUT2D eigenvalue weighted by Gasteiger charge is 2.39. The summed E-state index contributed by atoms with van der Waals surface area (Å²) in [6, 6.07) is 14.0. The third kappa shape index (κ3) is 5.77. The molecule has 0 spiro atoms. The number of rotatable bonds is 7. The molecule has 4 rings (SSSR count). The van der Waals surface area contributed by atoms with Crippen molar-refractivity contribution in [1.82, 2.24) is 20.2 Å². The normalized spacial score (nSPS) is 13.3. The van der Waals surface area contributed by atoms with Gasteiger partial charge in [-0.25, -0.2) is 9.97 Å². The minimum atomic E-state index is -1.47. The average Bonchev–Trinajstić information content (AvgIpc) is 3.29. The van der Waals surface area contributed by atoms with E-state index in [1.807, 2.05) is 12.1 Å². The van der Waals surface area contributed by atoms with E-state index in [0.717, 1.165) is 5.56 Å². The number of carbonyl (C=O) groups is 3. The van der Waals surface area contributed by atoms with Crippen molar-refractivity contribution in [2.24, 2.45) is 5.41 Å². The summed E-state index contributed by atoms with van der Waals surface area (Å²) in [4.78, 5) is 48.9. The van der Waals surface area contributed by atoms with Crippen LogP contribution in [0.1, 0.15) is 47.6 Å². The van der Waals surface area contributed by atoms with Crippen molar-refractivity contribution < 1.29 is 23.9 Å². The summed E-state index contributed by atoms with van der Waals surface area (Å²) >= 11 is 0. The number of fused-ring (bicyclic) bond motifs is 1. The minimum Gasteiger partial charge on any atom is -0.497 e. The first-order chi connectivity index (χ1) is 19.2. The van der Waals surface area contributed by atoms with Crippen molar-refractivity contribution in [2.45, 2.75) is 26.8 Å². The van der Waals surface area contributed by atoms with Crippen LogP contribution in [0.2, 0.25) is 0 Å². The summed E-state index contributed by atoms with van der Waals surface area (Å²) < 4.78 is 10.7. The molecule has 10 heteroatoms. The highest BCUT2D eigenvalue weighted by molar-refractivity contribution is 6.01. The smallest absolute Gasteiger partial charge is 0.254 e. The highest BCUT2D eigenvalue weighted by atomic mass is 16.5. The number of carbonyl (C=O) groups excluding carboxylic acids is 3. The highest BCUT2D eigenvalue weighted by Crippen LogP contribution is 2.30. The summed E-state index contributed by atoms with van der Waals surface area (Å²) in [6.07, 6.45) is 1.64. The molecule has 3 heterocycles. The van der Waals surface area contributed by atoms with Crippen LogP contribution < -0.4 is 14.8 Å². The number of pyridine rings is 2. The molecule has 3 aromatic rings. The molecule has 1 aliphatic heterocycles. The number of hydrogen-bond donors (Lipinski definition) is 1. The quantitative estimate of drug-likeness (QED) is 0.455. The van der Waals surface area contributed by atoms with E-state index in [4.69, 9.17) is 14.7 Å². The molecule has 0 fully saturated rings. The summed E-state index contributed by atoms with van der Waals surface area (Å²) in [6.45, 7) is 3.43. The monoisotopic (exact) mass is 537 g/mol. The molecule has 0 bridgehead atoms. The lowest BCUT2D eigenvalue weighted by molar-refractivity contribution is -0.134. The molecule has 1 atom stereocenters. The molecule has 2 aromatic heterocycles. The number of aromatic nitrogens is 2. The van der Waals surface area contributed by atoms with Gasteiger partial charge in [0.25, 0.3) is 5.91 Å². The van der Waals surface area contributed by atoms with Gasteiger partial charge in [0.15, 0.2) is 11.4 Å². The maximum atomic E-state index is 13.3. The van der Waals surface area contributed by atoms with Crippen LogP contribution in [0.5, 0.6) is 11.5 Å². The molecule has 1 N–H and O–H groups in total. The van der Waals surface area contributed by atoms with Crippen molar-refractivity contribution in [1.29, 1.82) is 5.26 Å². The average molecular weight is 538 g/mol. The Morgan fingerprint density at radius 3 is 2.60 bits per heavy atom. The topological polar surface area (TPSA) is 135 Å². The lowest BCUT2D eigenvalue weighted by atomic mass is 9.89. The zero-order chi connectivity index (χ0) is 28.9. The summed E-state index contributed by atoms with van der Waals surface area (Å²) in [5, 5.41) is 11.4. The summed E-state index contributed by atoms with van der Waals surface area (Å²) in [7, 11) is 3.00. The number of nitriles is 1. The van der Waals surface area contributed by atoms with Crippen LogP contribution in [0.25, 0.3) is 11.3 Å². The van der Waals surface area contributed by atoms with Gasteiger partial charge in [-0.3, -0.25) is 19.7 Å². The number of hydrogen-bond acceptors (Lipinski definition) is 8.